The van der Waals surface area contributed by atoms with Crippen LogP contribution in [0.3, 0.4) is 0 Å². The Bertz CT molecular complexity index is 476. The maximum atomic E-state index is 13.3. The molecular formula is C16H22FNO. The van der Waals surface area contributed by atoms with Crippen molar-refractivity contribution in [3.63, 3.8) is 0 Å². The normalized spacial score (nSPS) is 33.8. The molecule has 0 radical (unpaired) electrons. The second kappa shape index (κ2) is 4.78. The molecular weight excluding hydrogens is 241 g/mol. The minimum Gasteiger partial charge on any atom is -0.487 e. The van der Waals surface area contributed by atoms with E-state index in [1.807, 2.05) is 0 Å². The Labute approximate surface area is 114 Å². The molecule has 2 aliphatic rings. The largest absolute Gasteiger partial charge is 0.487 e. The van der Waals surface area contributed by atoms with E-state index in [-0.39, 0.29) is 17.5 Å². The maximum Gasteiger partial charge on any atom is 0.125 e. The first-order chi connectivity index (χ1) is 9.14. The Morgan fingerprint density at radius 3 is 3.05 bits per heavy atom. The van der Waals surface area contributed by atoms with Crippen LogP contribution >= 0.6 is 0 Å². The number of fused-ring (bicyclic) bond motifs is 1. The molecule has 1 fully saturated rings. The summed E-state index contributed by atoms with van der Waals surface area (Å²) in [6, 6.07) is 4.63. The van der Waals surface area contributed by atoms with Gasteiger partial charge < -0.3 is 10.5 Å². The summed E-state index contributed by atoms with van der Waals surface area (Å²) in [6.07, 6.45) is 6.75. The predicted molar refractivity (Wildman–Crippen MR) is 73.6 cm³/mol. The van der Waals surface area contributed by atoms with Crippen molar-refractivity contribution in [2.24, 2.45) is 11.7 Å². The van der Waals surface area contributed by atoms with E-state index in [4.69, 9.17) is 10.5 Å². The van der Waals surface area contributed by atoms with Gasteiger partial charge in [0.25, 0.3) is 0 Å². The Morgan fingerprint density at radius 1 is 1.42 bits per heavy atom. The summed E-state index contributed by atoms with van der Waals surface area (Å²) in [6.45, 7) is 2.23. The van der Waals surface area contributed by atoms with Crippen LogP contribution in [0.4, 0.5) is 4.39 Å². The average molecular weight is 263 g/mol. The first-order valence-electron chi connectivity index (χ1n) is 7.38. The summed E-state index contributed by atoms with van der Waals surface area (Å²) in [5.74, 6) is 1.13. The van der Waals surface area contributed by atoms with Crippen molar-refractivity contribution in [2.75, 3.05) is 0 Å². The Morgan fingerprint density at radius 2 is 2.26 bits per heavy atom. The van der Waals surface area contributed by atoms with Gasteiger partial charge >= 0.3 is 0 Å². The van der Waals surface area contributed by atoms with E-state index in [0.717, 1.165) is 30.6 Å². The number of benzene rings is 1. The third-order valence-corrected chi connectivity index (χ3v) is 4.89. The lowest BCUT2D eigenvalue weighted by Gasteiger charge is -2.48. The van der Waals surface area contributed by atoms with Crippen LogP contribution in [0.2, 0.25) is 0 Å². The van der Waals surface area contributed by atoms with Crippen LogP contribution in [0.15, 0.2) is 18.2 Å². The summed E-state index contributed by atoms with van der Waals surface area (Å²) >= 11 is 0. The van der Waals surface area contributed by atoms with Crippen LogP contribution in [0, 0.1) is 11.7 Å². The van der Waals surface area contributed by atoms with Crippen LogP contribution < -0.4 is 10.5 Å². The predicted octanol–water partition coefficient (Wildman–Crippen LogP) is 3.95. The molecule has 3 heteroatoms. The average Bonchev–Trinajstić information content (AvgIpc) is 2.40. The fourth-order valence-electron chi connectivity index (χ4n) is 3.91. The highest BCUT2D eigenvalue weighted by atomic mass is 19.1. The molecule has 0 aromatic heterocycles. The number of hydrogen-bond donors (Lipinski definition) is 1. The lowest BCUT2D eigenvalue weighted by atomic mass is 9.69. The molecule has 0 saturated heterocycles. The summed E-state index contributed by atoms with van der Waals surface area (Å²) in [4.78, 5) is 0. The maximum absolute atomic E-state index is 13.3. The molecule has 2 unspecified atom stereocenters. The summed E-state index contributed by atoms with van der Waals surface area (Å²) in [5.41, 5.74) is 7.00. The molecule has 0 amide bonds. The molecule has 19 heavy (non-hydrogen) atoms. The quantitative estimate of drug-likeness (QED) is 0.832. The lowest BCUT2D eigenvalue weighted by molar-refractivity contribution is -0.0490. The van der Waals surface area contributed by atoms with Gasteiger partial charge in [-0.15, -0.1) is 0 Å². The molecule has 3 atom stereocenters. The summed E-state index contributed by atoms with van der Waals surface area (Å²) in [5, 5.41) is 0. The molecule has 1 saturated carbocycles. The Balaban J connectivity index is 1.97. The molecule has 1 aliphatic carbocycles. The summed E-state index contributed by atoms with van der Waals surface area (Å²) < 4.78 is 19.7. The Kier molecular flexibility index (Phi) is 3.25. The molecule has 3 rings (SSSR count). The van der Waals surface area contributed by atoms with Crippen molar-refractivity contribution < 1.29 is 9.13 Å². The third-order valence-electron chi connectivity index (χ3n) is 4.89. The van der Waals surface area contributed by atoms with Gasteiger partial charge in [0.2, 0.25) is 0 Å². The van der Waals surface area contributed by atoms with Gasteiger partial charge in [0.05, 0.1) is 0 Å². The fourth-order valence-corrected chi connectivity index (χ4v) is 3.91. The molecule has 1 aromatic carbocycles. The third kappa shape index (κ3) is 2.14. The zero-order valence-electron chi connectivity index (χ0n) is 11.5. The zero-order valence-corrected chi connectivity index (χ0v) is 11.5. The molecule has 1 spiro atoms. The standard InChI is InChI=1S/C16H22FNO/c1-2-11-5-3-4-8-16(11)10-14(18)13-9-12(17)6-7-15(13)19-16/h6-7,9,11,14H,2-5,8,10,18H2,1H3/t11?,14-,16?/m1/s1. The first-order valence-corrected chi connectivity index (χ1v) is 7.38. The van der Waals surface area contributed by atoms with E-state index in [1.165, 1.54) is 31.4 Å². The first kappa shape index (κ1) is 12.9. The van der Waals surface area contributed by atoms with Crippen LogP contribution in [0.5, 0.6) is 5.75 Å². The SMILES string of the molecule is CCC1CCCCC12C[C@@H](N)c1cc(F)ccc1O2. The zero-order chi connectivity index (χ0) is 13.5. The van der Waals surface area contributed by atoms with E-state index in [0.29, 0.717) is 5.92 Å². The lowest BCUT2D eigenvalue weighted by Crippen LogP contribution is -2.50. The van der Waals surface area contributed by atoms with Crippen LogP contribution in [0.1, 0.15) is 57.1 Å². The van der Waals surface area contributed by atoms with Crippen molar-refractivity contribution in [1.29, 1.82) is 0 Å². The smallest absolute Gasteiger partial charge is 0.125 e. The fraction of sp³-hybridized carbons (Fsp3) is 0.625. The van der Waals surface area contributed by atoms with Crippen molar-refractivity contribution in [2.45, 2.75) is 57.1 Å². The van der Waals surface area contributed by atoms with Crippen molar-refractivity contribution in [3.8, 4) is 5.75 Å². The van der Waals surface area contributed by atoms with Crippen molar-refractivity contribution >= 4 is 0 Å². The number of hydrogen-bond acceptors (Lipinski definition) is 2. The van der Waals surface area contributed by atoms with Gasteiger partial charge in [0, 0.05) is 18.0 Å². The van der Waals surface area contributed by atoms with Crippen molar-refractivity contribution in [1.82, 2.24) is 0 Å². The molecule has 1 aromatic rings. The van der Waals surface area contributed by atoms with Gasteiger partial charge in [-0.05, 0) is 49.8 Å². The number of ether oxygens (including phenoxy) is 1. The highest BCUT2D eigenvalue weighted by Crippen LogP contribution is 2.48. The van der Waals surface area contributed by atoms with Gasteiger partial charge in [0.15, 0.2) is 0 Å². The van der Waals surface area contributed by atoms with E-state index < -0.39 is 0 Å². The summed E-state index contributed by atoms with van der Waals surface area (Å²) in [7, 11) is 0. The number of nitrogens with two attached hydrogens (primary N) is 1. The van der Waals surface area contributed by atoms with Crippen LogP contribution in [-0.4, -0.2) is 5.60 Å². The topological polar surface area (TPSA) is 35.2 Å². The van der Waals surface area contributed by atoms with E-state index in [9.17, 15) is 4.39 Å². The molecule has 0 bridgehead atoms. The minimum atomic E-state index is -0.232. The monoisotopic (exact) mass is 263 g/mol. The van der Waals surface area contributed by atoms with E-state index in [1.54, 1.807) is 6.07 Å². The molecule has 104 valence electrons. The Hall–Kier alpha value is -1.09. The molecule has 1 heterocycles. The number of halogens is 1. The van der Waals surface area contributed by atoms with Gasteiger partial charge in [-0.1, -0.05) is 13.3 Å². The van der Waals surface area contributed by atoms with Gasteiger partial charge in [0.1, 0.15) is 17.2 Å². The van der Waals surface area contributed by atoms with E-state index in [2.05, 4.69) is 6.92 Å². The highest BCUT2D eigenvalue weighted by Gasteiger charge is 2.46. The number of rotatable bonds is 1. The molecule has 1 aliphatic heterocycles. The minimum absolute atomic E-state index is 0.105. The molecule has 2 N–H and O–H groups in total. The highest BCUT2D eigenvalue weighted by molar-refractivity contribution is 5.39. The van der Waals surface area contributed by atoms with Crippen LogP contribution in [-0.2, 0) is 0 Å². The van der Waals surface area contributed by atoms with Crippen molar-refractivity contribution in [3.05, 3.63) is 29.6 Å². The van der Waals surface area contributed by atoms with Crippen LogP contribution in [0.25, 0.3) is 0 Å². The van der Waals surface area contributed by atoms with E-state index >= 15 is 0 Å². The second-order valence-corrected chi connectivity index (χ2v) is 6.01. The molecule has 2 nitrogen and oxygen atoms in total. The van der Waals surface area contributed by atoms with Gasteiger partial charge in [-0.3, -0.25) is 0 Å². The van der Waals surface area contributed by atoms with Gasteiger partial charge in [-0.25, -0.2) is 4.39 Å². The second-order valence-electron chi connectivity index (χ2n) is 6.01. The van der Waals surface area contributed by atoms with Gasteiger partial charge in [-0.2, -0.15) is 0 Å².